The summed E-state index contributed by atoms with van der Waals surface area (Å²) in [7, 11) is 0. The van der Waals surface area contributed by atoms with Gasteiger partial charge in [-0.05, 0) is 29.8 Å². The van der Waals surface area contributed by atoms with Gasteiger partial charge in [0.25, 0.3) is 5.91 Å². The average molecular weight is 326 g/mol. The molecule has 0 aromatic heterocycles. The number of carboxylic acids is 1. The Hall–Kier alpha value is -3.35. The van der Waals surface area contributed by atoms with Crippen LogP contribution in [-0.4, -0.2) is 29.5 Å². The first-order valence-corrected chi connectivity index (χ1v) is 7.20. The Bertz CT molecular complexity index is 831. The molecule has 3 N–H and O–H groups in total. The second kappa shape index (κ2) is 6.41. The van der Waals surface area contributed by atoms with Crippen molar-refractivity contribution in [3.05, 3.63) is 53.6 Å². The number of anilines is 2. The summed E-state index contributed by atoms with van der Waals surface area (Å²) >= 11 is 0. The molecule has 0 spiro atoms. The van der Waals surface area contributed by atoms with Gasteiger partial charge in [0.2, 0.25) is 5.91 Å². The summed E-state index contributed by atoms with van der Waals surface area (Å²) in [6, 6.07) is 11.2. The highest BCUT2D eigenvalue weighted by molar-refractivity contribution is 5.99. The average Bonchev–Trinajstić information content (AvgIpc) is 2.54. The number of aromatic carboxylic acids is 1. The summed E-state index contributed by atoms with van der Waals surface area (Å²) in [6.45, 7) is -0.0370. The fourth-order valence-electron chi connectivity index (χ4n) is 2.42. The van der Waals surface area contributed by atoms with Crippen LogP contribution in [0.2, 0.25) is 0 Å². The van der Waals surface area contributed by atoms with E-state index in [9.17, 15) is 14.4 Å². The van der Waals surface area contributed by atoms with Crippen molar-refractivity contribution in [2.45, 2.75) is 6.42 Å². The molecule has 0 saturated heterocycles. The Morgan fingerprint density at radius 2 is 2.00 bits per heavy atom. The van der Waals surface area contributed by atoms with E-state index < -0.39 is 5.97 Å². The van der Waals surface area contributed by atoms with Crippen LogP contribution in [0.3, 0.4) is 0 Å². The zero-order valence-electron chi connectivity index (χ0n) is 12.5. The van der Waals surface area contributed by atoms with Crippen molar-refractivity contribution < 1.29 is 24.2 Å². The topological polar surface area (TPSA) is 105 Å². The van der Waals surface area contributed by atoms with E-state index in [0.717, 1.165) is 0 Å². The second-order valence-electron chi connectivity index (χ2n) is 5.24. The molecule has 1 heterocycles. The van der Waals surface area contributed by atoms with Gasteiger partial charge in [0.05, 0.1) is 17.7 Å². The minimum absolute atomic E-state index is 0.0370. The van der Waals surface area contributed by atoms with Crippen molar-refractivity contribution in [2.24, 2.45) is 0 Å². The van der Waals surface area contributed by atoms with Gasteiger partial charge >= 0.3 is 5.97 Å². The van der Waals surface area contributed by atoms with Gasteiger partial charge in [0.1, 0.15) is 5.75 Å². The maximum absolute atomic E-state index is 12.2. The molecule has 2 aromatic carbocycles. The van der Waals surface area contributed by atoms with E-state index in [-0.39, 0.29) is 30.4 Å². The number of carboxylic acid groups (broad SMARTS) is 1. The third kappa shape index (κ3) is 3.35. The fourth-order valence-corrected chi connectivity index (χ4v) is 2.42. The van der Waals surface area contributed by atoms with Crippen molar-refractivity contribution in [3.8, 4) is 5.75 Å². The van der Waals surface area contributed by atoms with Crippen LogP contribution in [-0.2, 0) is 16.0 Å². The van der Waals surface area contributed by atoms with Gasteiger partial charge in [-0.2, -0.15) is 0 Å². The molecule has 24 heavy (non-hydrogen) atoms. The van der Waals surface area contributed by atoms with Gasteiger partial charge in [0.15, 0.2) is 6.61 Å². The van der Waals surface area contributed by atoms with Crippen molar-refractivity contribution in [1.82, 2.24) is 0 Å². The standard InChI is InChI=1S/C17H14N2O5/c20-15(7-10-3-1-2-4-12(10)17(22)23)18-11-5-6-14-13(8-11)19-16(21)9-24-14/h1-6,8H,7,9H2,(H,18,20)(H,19,21)(H,22,23). The minimum atomic E-state index is -1.08. The molecule has 0 radical (unpaired) electrons. The summed E-state index contributed by atoms with van der Waals surface area (Å²) in [4.78, 5) is 34.7. The summed E-state index contributed by atoms with van der Waals surface area (Å²) in [5, 5.41) is 14.5. The molecule has 0 saturated carbocycles. The van der Waals surface area contributed by atoms with E-state index in [0.29, 0.717) is 22.7 Å². The Balaban J connectivity index is 1.73. The van der Waals surface area contributed by atoms with E-state index in [1.54, 1.807) is 36.4 Å². The van der Waals surface area contributed by atoms with E-state index in [1.807, 2.05) is 0 Å². The summed E-state index contributed by atoms with van der Waals surface area (Å²) in [5.74, 6) is -1.16. The number of amides is 2. The first kappa shape index (κ1) is 15.5. The predicted molar refractivity (Wildman–Crippen MR) is 86.3 cm³/mol. The number of rotatable bonds is 4. The molecule has 122 valence electrons. The number of hydrogen-bond acceptors (Lipinski definition) is 4. The number of carbonyl (C=O) groups is 3. The fraction of sp³-hybridized carbons (Fsp3) is 0.118. The number of nitrogens with one attached hydrogen (secondary N) is 2. The maximum Gasteiger partial charge on any atom is 0.335 e. The Morgan fingerprint density at radius 3 is 2.79 bits per heavy atom. The van der Waals surface area contributed by atoms with Crippen LogP contribution in [0.1, 0.15) is 15.9 Å². The SMILES string of the molecule is O=C(Cc1ccccc1C(=O)O)Nc1ccc2c(c1)NC(=O)CO2. The van der Waals surface area contributed by atoms with Gasteiger partial charge in [-0.15, -0.1) is 0 Å². The normalized spacial score (nSPS) is 12.6. The number of fused-ring (bicyclic) bond motifs is 1. The van der Waals surface area contributed by atoms with E-state index >= 15 is 0 Å². The molecule has 0 aliphatic carbocycles. The molecular weight excluding hydrogens is 312 g/mol. The lowest BCUT2D eigenvalue weighted by Crippen LogP contribution is -2.25. The van der Waals surface area contributed by atoms with Crippen LogP contribution < -0.4 is 15.4 Å². The molecule has 7 nitrogen and oxygen atoms in total. The van der Waals surface area contributed by atoms with Crippen molar-refractivity contribution in [3.63, 3.8) is 0 Å². The lowest BCUT2D eigenvalue weighted by Gasteiger charge is -2.18. The minimum Gasteiger partial charge on any atom is -0.482 e. The molecule has 1 aliphatic rings. The quantitative estimate of drug-likeness (QED) is 0.796. The van der Waals surface area contributed by atoms with Crippen molar-refractivity contribution in [2.75, 3.05) is 17.2 Å². The van der Waals surface area contributed by atoms with Gasteiger partial charge < -0.3 is 20.5 Å². The molecule has 0 unspecified atom stereocenters. The first-order valence-electron chi connectivity index (χ1n) is 7.20. The van der Waals surface area contributed by atoms with Crippen LogP contribution in [0.5, 0.6) is 5.75 Å². The lowest BCUT2D eigenvalue weighted by molar-refractivity contribution is -0.118. The van der Waals surface area contributed by atoms with Gasteiger partial charge in [-0.25, -0.2) is 4.79 Å². The first-order chi connectivity index (χ1) is 11.5. The van der Waals surface area contributed by atoms with Crippen molar-refractivity contribution in [1.29, 1.82) is 0 Å². The van der Waals surface area contributed by atoms with Crippen molar-refractivity contribution >= 4 is 29.2 Å². The molecule has 3 rings (SSSR count). The van der Waals surface area contributed by atoms with Gasteiger partial charge in [0, 0.05) is 5.69 Å². The van der Waals surface area contributed by atoms with E-state index in [4.69, 9.17) is 9.84 Å². The molecule has 0 atom stereocenters. The lowest BCUT2D eigenvalue weighted by atomic mass is 10.0. The highest BCUT2D eigenvalue weighted by Crippen LogP contribution is 2.30. The van der Waals surface area contributed by atoms with Gasteiger partial charge in [-0.1, -0.05) is 18.2 Å². The van der Waals surface area contributed by atoms with E-state index in [1.165, 1.54) is 6.07 Å². The number of benzene rings is 2. The predicted octanol–water partition coefficient (Wildman–Crippen LogP) is 1.90. The third-order valence-corrected chi connectivity index (χ3v) is 3.49. The zero-order chi connectivity index (χ0) is 17.1. The summed E-state index contributed by atoms with van der Waals surface area (Å²) in [5.41, 5.74) is 1.49. The van der Waals surface area contributed by atoms with E-state index in [2.05, 4.69) is 10.6 Å². The molecular formula is C17H14N2O5. The third-order valence-electron chi connectivity index (χ3n) is 3.49. The smallest absolute Gasteiger partial charge is 0.335 e. The zero-order valence-corrected chi connectivity index (χ0v) is 12.5. The highest BCUT2D eigenvalue weighted by atomic mass is 16.5. The second-order valence-corrected chi connectivity index (χ2v) is 5.24. The van der Waals surface area contributed by atoms with Crippen LogP contribution in [0.25, 0.3) is 0 Å². The number of carbonyl (C=O) groups excluding carboxylic acids is 2. The number of hydrogen-bond donors (Lipinski definition) is 3. The van der Waals surface area contributed by atoms with Crippen LogP contribution in [0.4, 0.5) is 11.4 Å². The van der Waals surface area contributed by atoms with Crippen LogP contribution >= 0.6 is 0 Å². The van der Waals surface area contributed by atoms with Crippen LogP contribution in [0, 0.1) is 0 Å². The summed E-state index contributed by atoms with van der Waals surface area (Å²) < 4.78 is 5.24. The Kier molecular flexibility index (Phi) is 4.15. The van der Waals surface area contributed by atoms with Gasteiger partial charge in [-0.3, -0.25) is 9.59 Å². The molecule has 2 amide bonds. The highest BCUT2D eigenvalue weighted by Gasteiger charge is 2.17. The molecule has 0 fully saturated rings. The van der Waals surface area contributed by atoms with Crippen LogP contribution in [0.15, 0.2) is 42.5 Å². The maximum atomic E-state index is 12.2. The monoisotopic (exact) mass is 326 g/mol. The molecule has 2 aromatic rings. The summed E-state index contributed by atoms with van der Waals surface area (Å²) in [6.07, 6.45) is -0.0670. The molecule has 0 bridgehead atoms. The Morgan fingerprint density at radius 1 is 1.21 bits per heavy atom. The number of ether oxygens (including phenoxy) is 1. The largest absolute Gasteiger partial charge is 0.482 e. The molecule has 7 heteroatoms. The molecule has 1 aliphatic heterocycles. The Labute approximate surface area is 137 Å².